The molecule has 0 spiro atoms. The quantitative estimate of drug-likeness (QED) is 0.906. The van der Waals surface area contributed by atoms with Crippen LogP contribution in [0.4, 0.5) is 0 Å². The third-order valence-corrected chi connectivity index (χ3v) is 5.35. The molecule has 132 valence electrons. The van der Waals surface area contributed by atoms with Crippen LogP contribution in [-0.4, -0.2) is 48.3 Å². The normalized spacial score (nSPS) is 30.6. The Balaban J connectivity index is 1.79. The number of ether oxygens (including phenoxy) is 1. The number of carbonyl (C=O) groups is 1. The number of aliphatic hydroxyl groups excluding tert-OH is 1. The van der Waals surface area contributed by atoms with E-state index in [0.717, 1.165) is 12.8 Å². The van der Waals surface area contributed by atoms with Crippen LogP contribution in [0.5, 0.6) is 0 Å². The van der Waals surface area contributed by atoms with Gasteiger partial charge in [-0.15, -0.1) is 0 Å². The van der Waals surface area contributed by atoms with E-state index in [4.69, 9.17) is 4.74 Å². The van der Waals surface area contributed by atoms with Crippen molar-refractivity contribution in [3.63, 3.8) is 0 Å². The molecule has 1 N–H and O–H groups in total. The van der Waals surface area contributed by atoms with Crippen LogP contribution in [0.25, 0.3) is 0 Å². The smallest absolute Gasteiger partial charge is 0.228 e. The Morgan fingerprint density at radius 1 is 1.25 bits per heavy atom. The lowest BCUT2D eigenvalue weighted by atomic mass is 9.81. The SMILES string of the molecule is CC1(C)CC(O)CCN(C(=O)[C@@H]2COCC[C@@H]2c2ccccc2)C1. The van der Waals surface area contributed by atoms with E-state index in [-0.39, 0.29) is 29.3 Å². The molecule has 24 heavy (non-hydrogen) atoms. The Kier molecular flexibility index (Phi) is 5.26. The van der Waals surface area contributed by atoms with Crippen molar-refractivity contribution in [2.45, 2.75) is 45.1 Å². The Hall–Kier alpha value is -1.39. The summed E-state index contributed by atoms with van der Waals surface area (Å²) >= 11 is 0. The van der Waals surface area contributed by atoms with Gasteiger partial charge in [-0.25, -0.2) is 0 Å². The molecule has 0 aliphatic carbocycles. The molecule has 0 bridgehead atoms. The maximum Gasteiger partial charge on any atom is 0.228 e. The van der Waals surface area contributed by atoms with Gasteiger partial charge >= 0.3 is 0 Å². The van der Waals surface area contributed by atoms with Gasteiger partial charge in [0, 0.05) is 19.7 Å². The van der Waals surface area contributed by atoms with Crippen LogP contribution in [-0.2, 0) is 9.53 Å². The van der Waals surface area contributed by atoms with Gasteiger partial charge in [-0.2, -0.15) is 0 Å². The van der Waals surface area contributed by atoms with E-state index in [2.05, 4.69) is 26.0 Å². The molecule has 1 amide bonds. The first kappa shape index (κ1) is 17.4. The molecule has 0 aromatic heterocycles. The molecule has 0 saturated carbocycles. The van der Waals surface area contributed by atoms with Crippen molar-refractivity contribution >= 4 is 5.91 Å². The fourth-order valence-electron chi connectivity index (χ4n) is 4.21. The van der Waals surface area contributed by atoms with E-state index in [1.165, 1.54) is 5.56 Å². The number of nitrogens with zero attached hydrogens (tertiary/aromatic N) is 1. The summed E-state index contributed by atoms with van der Waals surface area (Å²) in [5.41, 5.74) is 1.18. The summed E-state index contributed by atoms with van der Waals surface area (Å²) in [5.74, 6) is 0.293. The first-order valence-electron chi connectivity index (χ1n) is 9.06. The van der Waals surface area contributed by atoms with Gasteiger partial charge in [-0.05, 0) is 36.2 Å². The molecule has 1 aromatic rings. The first-order chi connectivity index (χ1) is 11.5. The predicted molar refractivity (Wildman–Crippen MR) is 93.7 cm³/mol. The zero-order valence-electron chi connectivity index (χ0n) is 14.8. The summed E-state index contributed by atoms with van der Waals surface area (Å²) < 4.78 is 5.65. The van der Waals surface area contributed by atoms with Gasteiger partial charge in [0.25, 0.3) is 0 Å². The Bertz CT molecular complexity index is 557. The van der Waals surface area contributed by atoms with Gasteiger partial charge < -0.3 is 14.7 Å². The number of benzene rings is 1. The van der Waals surface area contributed by atoms with Gasteiger partial charge in [0.2, 0.25) is 5.91 Å². The highest BCUT2D eigenvalue weighted by molar-refractivity contribution is 5.80. The highest BCUT2D eigenvalue weighted by Gasteiger charge is 2.38. The van der Waals surface area contributed by atoms with E-state index in [0.29, 0.717) is 32.7 Å². The Labute approximate surface area is 144 Å². The summed E-state index contributed by atoms with van der Waals surface area (Å²) in [7, 11) is 0. The summed E-state index contributed by atoms with van der Waals surface area (Å²) in [5, 5.41) is 10.1. The predicted octanol–water partition coefficient (Wildman–Crippen LogP) is 2.82. The summed E-state index contributed by atoms with van der Waals surface area (Å²) in [6.45, 7) is 6.83. The van der Waals surface area contributed by atoms with Crippen molar-refractivity contribution in [1.29, 1.82) is 0 Å². The number of rotatable bonds is 2. The minimum atomic E-state index is -0.315. The zero-order valence-corrected chi connectivity index (χ0v) is 14.8. The minimum absolute atomic E-state index is 0.0522. The van der Waals surface area contributed by atoms with Crippen LogP contribution in [0, 0.1) is 11.3 Å². The molecule has 1 unspecified atom stereocenters. The van der Waals surface area contributed by atoms with E-state index >= 15 is 0 Å². The fourth-order valence-corrected chi connectivity index (χ4v) is 4.21. The molecule has 0 radical (unpaired) electrons. The van der Waals surface area contributed by atoms with E-state index in [1.807, 2.05) is 23.1 Å². The fraction of sp³-hybridized carbons (Fsp3) is 0.650. The number of aliphatic hydroxyl groups is 1. The van der Waals surface area contributed by atoms with Gasteiger partial charge in [0.1, 0.15) is 0 Å². The van der Waals surface area contributed by atoms with Gasteiger partial charge in [-0.1, -0.05) is 44.2 Å². The van der Waals surface area contributed by atoms with Crippen LogP contribution in [0.15, 0.2) is 30.3 Å². The maximum absolute atomic E-state index is 13.2. The minimum Gasteiger partial charge on any atom is -0.393 e. The highest BCUT2D eigenvalue weighted by Crippen LogP contribution is 2.35. The Morgan fingerprint density at radius 2 is 2.00 bits per heavy atom. The second kappa shape index (κ2) is 7.24. The van der Waals surface area contributed by atoms with Crippen LogP contribution in [0.3, 0.4) is 0 Å². The molecule has 3 rings (SSSR count). The lowest BCUT2D eigenvalue weighted by Crippen LogP contribution is -2.45. The third kappa shape index (κ3) is 3.98. The average Bonchev–Trinajstić information content (AvgIpc) is 2.72. The highest BCUT2D eigenvalue weighted by atomic mass is 16.5. The molecule has 2 aliphatic heterocycles. The van der Waals surface area contributed by atoms with Gasteiger partial charge in [0.15, 0.2) is 0 Å². The number of amides is 1. The second-order valence-corrected chi connectivity index (χ2v) is 8.06. The Morgan fingerprint density at radius 3 is 2.75 bits per heavy atom. The number of likely N-dealkylation sites (tertiary alicyclic amines) is 1. The van der Waals surface area contributed by atoms with Crippen molar-refractivity contribution in [2.75, 3.05) is 26.3 Å². The lowest BCUT2D eigenvalue weighted by molar-refractivity contribution is -0.142. The molecule has 1 aromatic carbocycles. The van der Waals surface area contributed by atoms with Crippen LogP contribution < -0.4 is 0 Å². The van der Waals surface area contributed by atoms with Crippen LogP contribution >= 0.6 is 0 Å². The van der Waals surface area contributed by atoms with Crippen molar-refractivity contribution in [3.05, 3.63) is 35.9 Å². The summed E-state index contributed by atoms with van der Waals surface area (Å²) in [6, 6.07) is 10.3. The first-order valence-corrected chi connectivity index (χ1v) is 9.06. The number of hydrogen-bond donors (Lipinski definition) is 1. The standard InChI is InChI=1S/C20H29NO3/c1-20(2)12-16(22)8-10-21(14-20)19(23)18-13-24-11-9-17(18)15-6-4-3-5-7-15/h3-7,16-18,22H,8-14H2,1-2H3/t16?,17-,18-/m1/s1. The van der Waals surface area contributed by atoms with Crippen molar-refractivity contribution in [2.24, 2.45) is 11.3 Å². The van der Waals surface area contributed by atoms with Crippen molar-refractivity contribution < 1.29 is 14.6 Å². The zero-order chi connectivity index (χ0) is 17.2. The maximum atomic E-state index is 13.2. The molecule has 2 heterocycles. The topological polar surface area (TPSA) is 49.8 Å². The second-order valence-electron chi connectivity index (χ2n) is 8.06. The lowest BCUT2D eigenvalue weighted by Gasteiger charge is -2.37. The molecule has 3 atom stereocenters. The largest absolute Gasteiger partial charge is 0.393 e. The average molecular weight is 331 g/mol. The van der Waals surface area contributed by atoms with Crippen molar-refractivity contribution in [3.8, 4) is 0 Å². The molecule has 2 saturated heterocycles. The molecule has 4 nitrogen and oxygen atoms in total. The number of carbonyl (C=O) groups excluding carboxylic acids is 1. The number of hydrogen-bond acceptors (Lipinski definition) is 3. The van der Waals surface area contributed by atoms with Crippen LogP contribution in [0.1, 0.15) is 44.6 Å². The third-order valence-electron chi connectivity index (χ3n) is 5.35. The monoisotopic (exact) mass is 331 g/mol. The van der Waals surface area contributed by atoms with E-state index in [9.17, 15) is 9.90 Å². The summed E-state index contributed by atoms with van der Waals surface area (Å²) in [4.78, 5) is 15.2. The van der Waals surface area contributed by atoms with Crippen LogP contribution in [0.2, 0.25) is 0 Å². The molecule has 2 fully saturated rings. The van der Waals surface area contributed by atoms with Crippen molar-refractivity contribution in [1.82, 2.24) is 4.90 Å². The van der Waals surface area contributed by atoms with E-state index < -0.39 is 0 Å². The molecule has 4 heteroatoms. The summed E-state index contributed by atoms with van der Waals surface area (Å²) in [6.07, 6.45) is 1.99. The molecular formula is C20H29NO3. The molecule has 2 aliphatic rings. The van der Waals surface area contributed by atoms with Gasteiger partial charge in [-0.3, -0.25) is 4.79 Å². The van der Waals surface area contributed by atoms with Gasteiger partial charge in [0.05, 0.1) is 18.6 Å². The van der Waals surface area contributed by atoms with E-state index in [1.54, 1.807) is 0 Å². The molecular weight excluding hydrogens is 302 g/mol.